The lowest BCUT2D eigenvalue weighted by Crippen LogP contribution is -2.61. The number of hydrogen-bond donors (Lipinski definition) is 1. The number of H-pyrrole nitrogens is 1. The summed E-state index contributed by atoms with van der Waals surface area (Å²) in [6.45, 7) is 7.37. The fraction of sp³-hybridized carbons (Fsp3) is 0.556. The maximum Gasteiger partial charge on any atom is 0.0870 e. The monoisotopic (exact) mass is 297 g/mol. The van der Waals surface area contributed by atoms with Gasteiger partial charge in [-0.3, -0.25) is 9.80 Å². The first-order valence-electron chi connectivity index (χ1n) is 8.50. The van der Waals surface area contributed by atoms with Gasteiger partial charge in [0.1, 0.15) is 0 Å². The summed E-state index contributed by atoms with van der Waals surface area (Å²) in [6.07, 6.45) is 2.86. The number of aryl methyl sites for hydroxylation is 1. The van der Waals surface area contributed by atoms with Gasteiger partial charge in [0.2, 0.25) is 0 Å². The average molecular weight is 297 g/mol. The van der Waals surface area contributed by atoms with E-state index >= 15 is 0 Å². The minimum atomic E-state index is 0.480. The van der Waals surface area contributed by atoms with Crippen LogP contribution < -0.4 is 0 Å². The molecule has 22 heavy (non-hydrogen) atoms. The molecule has 0 saturated carbocycles. The molecule has 116 valence electrons. The van der Waals surface area contributed by atoms with E-state index < -0.39 is 0 Å². The Hall–Kier alpha value is -1.36. The first-order chi connectivity index (χ1) is 10.8. The van der Waals surface area contributed by atoms with Crippen molar-refractivity contribution in [3.8, 4) is 0 Å². The predicted molar refractivity (Wildman–Crippen MR) is 87.0 cm³/mol. The molecule has 4 nitrogen and oxygen atoms in total. The SMILES string of the molecule is Cc1ccc2c3c([nH]c2c1)[C@H]1CCN2CCOC[C@H]2N1CC3. The van der Waals surface area contributed by atoms with E-state index in [0.29, 0.717) is 12.2 Å². The number of morpholine rings is 1. The van der Waals surface area contributed by atoms with E-state index in [0.717, 1.165) is 32.7 Å². The summed E-state index contributed by atoms with van der Waals surface area (Å²) in [5, 5.41) is 1.43. The van der Waals surface area contributed by atoms with Crippen LogP contribution >= 0.6 is 0 Å². The Morgan fingerprint density at radius 2 is 2.18 bits per heavy atom. The van der Waals surface area contributed by atoms with Crippen LogP contribution in [-0.4, -0.2) is 53.8 Å². The quantitative estimate of drug-likeness (QED) is 0.810. The van der Waals surface area contributed by atoms with E-state index in [1.807, 2.05) is 0 Å². The van der Waals surface area contributed by atoms with E-state index in [4.69, 9.17) is 4.74 Å². The van der Waals surface area contributed by atoms with Crippen LogP contribution in [-0.2, 0) is 11.2 Å². The first kappa shape index (κ1) is 13.1. The van der Waals surface area contributed by atoms with Gasteiger partial charge in [-0.25, -0.2) is 0 Å². The second kappa shape index (κ2) is 4.82. The number of aromatic nitrogens is 1. The summed E-state index contributed by atoms with van der Waals surface area (Å²) in [6, 6.07) is 7.37. The maximum atomic E-state index is 5.76. The highest BCUT2D eigenvalue weighted by molar-refractivity contribution is 5.85. The summed E-state index contributed by atoms with van der Waals surface area (Å²) in [5.74, 6) is 0. The Morgan fingerprint density at radius 3 is 3.14 bits per heavy atom. The normalized spacial score (nSPS) is 29.1. The Balaban J connectivity index is 1.58. The molecule has 1 aromatic heterocycles. The summed E-state index contributed by atoms with van der Waals surface area (Å²) in [7, 11) is 0. The van der Waals surface area contributed by atoms with E-state index in [9.17, 15) is 0 Å². The lowest BCUT2D eigenvalue weighted by Gasteiger charge is -2.51. The third kappa shape index (κ3) is 1.81. The lowest BCUT2D eigenvalue weighted by atomic mass is 9.92. The van der Waals surface area contributed by atoms with Crippen LogP contribution in [0.2, 0.25) is 0 Å². The zero-order valence-electron chi connectivity index (χ0n) is 13.1. The fourth-order valence-electron chi connectivity index (χ4n) is 4.65. The number of nitrogens with one attached hydrogen (secondary N) is 1. The molecular formula is C18H23N3O. The number of fused-ring (bicyclic) bond motifs is 7. The van der Waals surface area contributed by atoms with Crippen molar-refractivity contribution >= 4 is 10.9 Å². The molecule has 4 heterocycles. The minimum Gasteiger partial charge on any atom is -0.377 e. The molecule has 0 spiro atoms. The largest absolute Gasteiger partial charge is 0.377 e. The highest BCUT2D eigenvalue weighted by Gasteiger charge is 2.41. The molecule has 0 unspecified atom stereocenters. The fourth-order valence-corrected chi connectivity index (χ4v) is 4.65. The smallest absolute Gasteiger partial charge is 0.0870 e. The molecule has 0 amide bonds. The molecule has 0 bridgehead atoms. The summed E-state index contributed by atoms with van der Waals surface area (Å²) in [4.78, 5) is 9.03. The van der Waals surface area contributed by atoms with Gasteiger partial charge in [-0.2, -0.15) is 0 Å². The van der Waals surface area contributed by atoms with Crippen molar-refractivity contribution in [3.05, 3.63) is 35.0 Å². The average Bonchev–Trinajstić information content (AvgIpc) is 2.92. The van der Waals surface area contributed by atoms with Crippen LogP contribution in [0.15, 0.2) is 18.2 Å². The molecule has 1 aromatic carbocycles. The van der Waals surface area contributed by atoms with Gasteiger partial charge < -0.3 is 9.72 Å². The summed E-state index contributed by atoms with van der Waals surface area (Å²) in [5.41, 5.74) is 5.67. The highest BCUT2D eigenvalue weighted by Crippen LogP contribution is 2.40. The number of ether oxygens (including phenoxy) is 1. The van der Waals surface area contributed by atoms with Crippen molar-refractivity contribution in [3.63, 3.8) is 0 Å². The van der Waals surface area contributed by atoms with E-state index in [2.05, 4.69) is 39.9 Å². The molecule has 5 rings (SSSR count). The van der Waals surface area contributed by atoms with Crippen LogP contribution in [0.25, 0.3) is 10.9 Å². The second-order valence-electron chi connectivity index (χ2n) is 6.95. The van der Waals surface area contributed by atoms with Crippen molar-refractivity contribution in [2.24, 2.45) is 0 Å². The van der Waals surface area contributed by atoms with Crippen molar-refractivity contribution < 1.29 is 4.74 Å². The van der Waals surface area contributed by atoms with E-state index in [-0.39, 0.29) is 0 Å². The van der Waals surface area contributed by atoms with Crippen LogP contribution in [0.5, 0.6) is 0 Å². The van der Waals surface area contributed by atoms with Gasteiger partial charge in [0.05, 0.1) is 25.4 Å². The molecule has 3 aliphatic heterocycles. The van der Waals surface area contributed by atoms with E-state index in [1.165, 1.54) is 35.1 Å². The Bertz CT molecular complexity index is 722. The summed E-state index contributed by atoms with van der Waals surface area (Å²) < 4.78 is 5.76. The zero-order valence-corrected chi connectivity index (χ0v) is 13.1. The zero-order chi connectivity index (χ0) is 14.7. The molecule has 2 fully saturated rings. The van der Waals surface area contributed by atoms with Gasteiger partial charge >= 0.3 is 0 Å². The molecule has 2 atom stereocenters. The molecule has 4 heteroatoms. The number of nitrogens with zero attached hydrogens (tertiary/aromatic N) is 2. The third-order valence-corrected chi connectivity index (χ3v) is 5.73. The molecule has 3 aliphatic rings. The van der Waals surface area contributed by atoms with Crippen LogP contribution in [0, 0.1) is 6.92 Å². The topological polar surface area (TPSA) is 31.5 Å². The maximum absolute atomic E-state index is 5.76. The molecule has 2 aromatic rings. The molecule has 2 saturated heterocycles. The highest BCUT2D eigenvalue weighted by atomic mass is 16.5. The summed E-state index contributed by atoms with van der Waals surface area (Å²) >= 11 is 0. The number of rotatable bonds is 0. The van der Waals surface area contributed by atoms with Crippen molar-refractivity contribution in [1.29, 1.82) is 0 Å². The Morgan fingerprint density at radius 1 is 1.23 bits per heavy atom. The van der Waals surface area contributed by atoms with Gasteiger partial charge in [0.25, 0.3) is 0 Å². The number of aromatic amines is 1. The number of benzene rings is 1. The van der Waals surface area contributed by atoms with Gasteiger partial charge in [0, 0.05) is 36.2 Å². The van der Waals surface area contributed by atoms with Crippen LogP contribution in [0.4, 0.5) is 0 Å². The molecule has 0 radical (unpaired) electrons. The molecule has 0 aliphatic carbocycles. The van der Waals surface area contributed by atoms with Gasteiger partial charge in [0.15, 0.2) is 0 Å². The van der Waals surface area contributed by atoms with Crippen molar-refractivity contribution in [2.75, 3.05) is 32.8 Å². The molecule has 1 N–H and O–H groups in total. The van der Waals surface area contributed by atoms with Crippen molar-refractivity contribution in [2.45, 2.75) is 32.0 Å². The van der Waals surface area contributed by atoms with Gasteiger partial charge in [-0.1, -0.05) is 12.1 Å². The Labute approximate surface area is 131 Å². The second-order valence-corrected chi connectivity index (χ2v) is 6.95. The minimum absolute atomic E-state index is 0.480. The van der Waals surface area contributed by atoms with E-state index in [1.54, 1.807) is 5.56 Å². The number of hydrogen-bond acceptors (Lipinski definition) is 3. The van der Waals surface area contributed by atoms with Crippen molar-refractivity contribution in [1.82, 2.24) is 14.8 Å². The molecular weight excluding hydrogens is 274 g/mol. The van der Waals surface area contributed by atoms with Crippen LogP contribution in [0.3, 0.4) is 0 Å². The Kier molecular flexibility index (Phi) is 2.87. The standard InChI is InChI=1S/C18H23N3O/c1-12-2-3-13-14-4-7-21-16(18(14)19-15(13)10-12)5-6-20-8-9-22-11-17(20)21/h2-3,10,16-17,19H,4-9,11H2,1H3/t16-,17-/m1/s1. The first-order valence-corrected chi connectivity index (χ1v) is 8.50. The van der Waals surface area contributed by atoms with Gasteiger partial charge in [-0.05, 0) is 37.0 Å². The van der Waals surface area contributed by atoms with Gasteiger partial charge in [-0.15, -0.1) is 0 Å². The third-order valence-electron chi connectivity index (χ3n) is 5.73. The predicted octanol–water partition coefficient (Wildman–Crippen LogP) is 2.44. The lowest BCUT2D eigenvalue weighted by molar-refractivity contribution is -0.120. The van der Waals surface area contributed by atoms with Crippen LogP contribution in [0.1, 0.15) is 29.3 Å².